The molecule has 0 saturated heterocycles. The second-order valence-corrected chi connectivity index (χ2v) is 7.40. The van der Waals surface area contributed by atoms with Crippen molar-refractivity contribution in [1.29, 1.82) is 0 Å². The van der Waals surface area contributed by atoms with Crippen molar-refractivity contribution >= 4 is 15.7 Å². The Morgan fingerprint density at radius 3 is 1.81 bits per heavy atom. The minimum absolute atomic E-state index is 0.00504. The average Bonchev–Trinajstić information content (AvgIpc) is 2.65. The first kappa shape index (κ1) is 21.1. The van der Waals surface area contributed by atoms with Gasteiger partial charge in [-0.25, -0.2) is 30.4 Å². The molecule has 2 rings (SSSR count). The standard InChI is InChI=1S/C17H16F5NO3S/c18-12-13(19)15(21)17(16(22)14(12)20)27(25,26)23(9-5-2-6-10-24)11-7-3-1-4-8-11/h1,3-4,7-8,24H,2,5-6,9-10H2. The molecule has 0 aliphatic heterocycles. The highest BCUT2D eigenvalue weighted by molar-refractivity contribution is 7.92. The number of benzene rings is 2. The minimum Gasteiger partial charge on any atom is -0.396 e. The lowest BCUT2D eigenvalue weighted by atomic mass is 10.2. The van der Waals surface area contributed by atoms with Crippen molar-refractivity contribution in [3.05, 3.63) is 59.4 Å². The zero-order valence-electron chi connectivity index (χ0n) is 13.9. The van der Waals surface area contributed by atoms with Gasteiger partial charge in [0.15, 0.2) is 28.2 Å². The highest BCUT2D eigenvalue weighted by Crippen LogP contribution is 2.31. The summed E-state index contributed by atoms with van der Waals surface area (Å²) < 4.78 is 94.5. The molecule has 2 aromatic carbocycles. The van der Waals surface area contributed by atoms with E-state index in [1.165, 1.54) is 24.3 Å². The first-order chi connectivity index (χ1) is 12.7. The number of hydrogen-bond donors (Lipinski definition) is 1. The number of rotatable bonds is 8. The van der Waals surface area contributed by atoms with Crippen LogP contribution in [0.25, 0.3) is 0 Å². The summed E-state index contributed by atoms with van der Waals surface area (Å²) in [6.07, 6.45) is 0.960. The molecule has 4 nitrogen and oxygen atoms in total. The summed E-state index contributed by atoms with van der Waals surface area (Å²) in [6, 6.07) is 7.15. The lowest BCUT2D eigenvalue weighted by Gasteiger charge is -2.25. The molecule has 0 heterocycles. The maximum atomic E-state index is 14.1. The van der Waals surface area contributed by atoms with E-state index in [-0.39, 0.29) is 25.3 Å². The van der Waals surface area contributed by atoms with E-state index in [0.717, 1.165) is 0 Å². The Balaban J connectivity index is 2.58. The normalized spacial score (nSPS) is 11.6. The SMILES string of the molecule is O=S(=O)(c1c(F)c(F)c(F)c(F)c1F)N(CCCCCO)c1ccccc1. The van der Waals surface area contributed by atoms with Gasteiger partial charge in [0, 0.05) is 13.2 Å². The maximum Gasteiger partial charge on any atom is 0.270 e. The maximum absolute atomic E-state index is 14.1. The molecule has 0 aromatic heterocycles. The zero-order valence-corrected chi connectivity index (χ0v) is 14.7. The lowest BCUT2D eigenvalue weighted by molar-refractivity contribution is 0.283. The Hall–Kier alpha value is -2.20. The van der Waals surface area contributed by atoms with Gasteiger partial charge < -0.3 is 5.11 Å². The van der Waals surface area contributed by atoms with Crippen LogP contribution in [0.4, 0.5) is 27.6 Å². The van der Waals surface area contributed by atoms with Crippen LogP contribution in [0.5, 0.6) is 0 Å². The summed E-state index contributed by atoms with van der Waals surface area (Å²) in [6.45, 7) is -0.401. The number of aliphatic hydroxyl groups excluding tert-OH is 1. The minimum atomic E-state index is -5.09. The molecule has 0 radical (unpaired) electrons. The van der Waals surface area contributed by atoms with Crippen LogP contribution >= 0.6 is 0 Å². The zero-order chi connectivity index (χ0) is 20.2. The Kier molecular flexibility index (Phi) is 6.77. The largest absolute Gasteiger partial charge is 0.396 e. The van der Waals surface area contributed by atoms with Gasteiger partial charge in [0.25, 0.3) is 10.0 Å². The molecule has 0 spiro atoms. The second-order valence-electron chi connectivity index (χ2n) is 5.60. The van der Waals surface area contributed by atoms with Crippen molar-refractivity contribution in [2.45, 2.75) is 24.2 Å². The van der Waals surface area contributed by atoms with Gasteiger partial charge in [0.1, 0.15) is 0 Å². The third kappa shape index (κ3) is 4.22. The fraction of sp³-hybridized carbons (Fsp3) is 0.294. The van der Waals surface area contributed by atoms with Gasteiger partial charge in [0.05, 0.1) is 5.69 Å². The average molecular weight is 409 g/mol. The van der Waals surface area contributed by atoms with Gasteiger partial charge in [-0.2, -0.15) is 0 Å². The van der Waals surface area contributed by atoms with E-state index >= 15 is 0 Å². The van der Waals surface area contributed by atoms with Crippen molar-refractivity contribution < 1.29 is 35.5 Å². The van der Waals surface area contributed by atoms with Gasteiger partial charge in [0.2, 0.25) is 5.82 Å². The molecular formula is C17H16F5NO3S. The number of nitrogens with zero attached hydrogens (tertiary/aromatic N) is 1. The van der Waals surface area contributed by atoms with Crippen molar-refractivity contribution in [3.63, 3.8) is 0 Å². The fourth-order valence-electron chi connectivity index (χ4n) is 2.45. The van der Waals surface area contributed by atoms with Gasteiger partial charge in [-0.05, 0) is 31.4 Å². The molecular weight excluding hydrogens is 393 g/mol. The third-order valence-electron chi connectivity index (χ3n) is 3.78. The number of aliphatic hydroxyl groups is 1. The molecule has 0 bridgehead atoms. The Labute approximate surface area is 152 Å². The van der Waals surface area contributed by atoms with E-state index in [2.05, 4.69) is 0 Å². The second kappa shape index (κ2) is 8.66. The summed E-state index contributed by atoms with van der Waals surface area (Å²) >= 11 is 0. The lowest BCUT2D eigenvalue weighted by Crippen LogP contribution is -2.34. The van der Waals surface area contributed by atoms with E-state index in [9.17, 15) is 30.4 Å². The van der Waals surface area contributed by atoms with E-state index in [1.807, 2.05) is 0 Å². The number of sulfonamides is 1. The molecule has 0 aliphatic carbocycles. The first-order valence-electron chi connectivity index (χ1n) is 7.93. The van der Waals surface area contributed by atoms with E-state index < -0.39 is 44.0 Å². The van der Waals surface area contributed by atoms with Crippen molar-refractivity contribution in [1.82, 2.24) is 0 Å². The van der Waals surface area contributed by atoms with Crippen LogP contribution in [0.1, 0.15) is 19.3 Å². The molecule has 0 atom stereocenters. The van der Waals surface area contributed by atoms with Crippen molar-refractivity contribution in [2.24, 2.45) is 0 Å². The molecule has 148 valence electrons. The monoisotopic (exact) mass is 409 g/mol. The number of unbranched alkanes of at least 4 members (excludes halogenated alkanes) is 2. The van der Waals surface area contributed by atoms with Crippen LogP contribution < -0.4 is 4.31 Å². The predicted molar refractivity (Wildman–Crippen MR) is 88.1 cm³/mol. The topological polar surface area (TPSA) is 57.6 Å². The van der Waals surface area contributed by atoms with Crippen molar-refractivity contribution in [2.75, 3.05) is 17.5 Å². The Morgan fingerprint density at radius 1 is 0.778 bits per heavy atom. The van der Waals surface area contributed by atoms with Crippen molar-refractivity contribution in [3.8, 4) is 0 Å². The molecule has 1 N–H and O–H groups in total. The quantitative estimate of drug-likeness (QED) is 0.313. The van der Waals surface area contributed by atoms with Gasteiger partial charge in [-0.15, -0.1) is 0 Å². The smallest absolute Gasteiger partial charge is 0.270 e. The van der Waals surface area contributed by atoms with E-state index in [4.69, 9.17) is 5.11 Å². The Morgan fingerprint density at radius 2 is 1.30 bits per heavy atom. The number of halogens is 5. The van der Waals surface area contributed by atoms with Gasteiger partial charge in [-0.1, -0.05) is 18.2 Å². The van der Waals surface area contributed by atoms with Crippen LogP contribution in [0, 0.1) is 29.1 Å². The summed E-state index contributed by atoms with van der Waals surface area (Å²) in [4.78, 5) is -1.90. The summed E-state index contributed by atoms with van der Waals surface area (Å²) in [7, 11) is -5.09. The van der Waals surface area contributed by atoms with Crippen LogP contribution in [0.3, 0.4) is 0 Å². The van der Waals surface area contributed by atoms with E-state index in [1.54, 1.807) is 6.07 Å². The van der Waals surface area contributed by atoms with Crippen LogP contribution in [0.15, 0.2) is 35.2 Å². The fourth-order valence-corrected chi connectivity index (χ4v) is 4.07. The number of anilines is 1. The molecule has 0 saturated carbocycles. The highest BCUT2D eigenvalue weighted by Gasteiger charge is 2.37. The molecule has 2 aromatic rings. The number of hydrogen-bond acceptors (Lipinski definition) is 3. The highest BCUT2D eigenvalue weighted by atomic mass is 32.2. The summed E-state index contributed by atoms with van der Waals surface area (Å²) in [5.41, 5.74) is 0.00504. The summed E-state index contributed by atoms with van der Waals surface area (Å²) in [5, 5.41) is 8.80. The molecule has 27 heavy (non-hydrogen) atoms. The molecule has 0 unspecified atom stereocenters. The molecule has 0 fully saturated rings. The molecule has 0 amide bonds. The molecule has 0 aliphatic rings. The van der Waals surface area contributed by atoms with E-state index in [0.29, 0.717) is 17.1 Å². The van der Waals surface area contributed by atoms with Crippen LogP contribution in [-0.2, 0) is 10.0 Å². The van der Waals surface area contributed by atoms with Gasteiger partial charge >= 0.3 is 0 Å². The predicted octanol–water partition coefficient (Wildman–Crippen LogP) is 3.74. The van der Waals surface area contributed by atoms with Crippen LogP contribution in [-0.4, -0.2) is 26.7 Å². The summed E-state index contributed by atoms with van der Waals surface area (Å²) in [5.74, 6) is -11.9. The molecule has 10 heteroatoms. The van der Waals surface area contributed by atoms with Crippen LogP contribution in [0.2, 0.25) is 0 Å². The first-order valence-corrected chi connectivity index (χ1v) is 9.37. The van der Waals surface area contributed by atoms with Gasteiger partial charge in [-0.3, -0.25) is 4.31 Å². The third-order valence-corrected chi connectivity index (χ3v) is 5.63. The number of para-hydroxylation sites is 1. The Bertz CT molecular complexity index is 878.